The molecule has 2 amide bonds. The molecule has 1 aliphatic rings. The first-order chi connectivity index (χ1) is 15.9. The number of fused-ring (bicyclic) bond motifs is 1. The molecule has 1 fully saturated rings. The third-order valence-corrected chi connectivity index (χ3v) is 5.20. The zero-order chi connectivity index (χ0) is 23.4. The van der Waals surface area contributed by atoms with Gasteiger partial charge < -0.3 is 19.2 Å². The van der Waals surface area contributed by atoms with E-state index >= 15 is 4.39 Å². The quantitative estimate of drug-likeness (QED) is 0.497. The van der Waals surface area contributed by atoms with Gasteiger partial charge in [0.1, 0.15) is 17.6 Å². The summed E-state index contributed by atoms with van der Waals surface area (Å²) in [7, 11) is 0. The van der Waals surface area contributed by atoms with E-state index in [1.807, 2.05) is 0 Å². The first-order valence-corrected chi connectivity index (χ1v) is 10.6. The van der Waals surface area contributed by atoms with Crippen molar-refractivity contribution in [2.24, 2.45) is 0 Å². The molecule has 0 aliphatic carbocycles. The summed E-state index contributed by atoms with van der Waals surface area (Å²) in [6, 6.07) is 8.10. The van der Waals surface area contributed by atoms with E-state index in [0.717, 1.165) is 0 Å². The van der Waals surface area contributed by atoms with Crippen LogP contribution in [-0.2, 0) is 20.9 Å². The summed E-state index contributed by atoms with van der Waals surface area (Å²) in [6.07, 6.45) is 2.81. The van der Waals surface area contributed by atoms with Crippen LogP contribution in [0.5, 0.6) is 0 Å². The summed E-state index contributed by atoms with van der Waals surface area (Å²) in [6.45, 7) is 1.98. The average molecular weight is 458 g/mol. The van der Waals surface area contributed by atoms with Crippen LogP contribution < -0.4 is 10.2 Å². The molecule has 1 N–H and O–H groups in total. The minimum absolute atomic E-state index is 0.200. The van der Waals surface area contributed by atoms with Crippen LogP contribution in [0.2, 0.25) is 0 Å². The number of rotatable bonds is 9. The number of nitrogens with one attached hydrogen (secondary N) is 1. The molecule has 0 radical (unpaired) electrons. The second kappa shape index (κ2) is 9.95. The lowest BCUT2D eigenvalue weighted by Gasteiger charge is -2.14. The maximum Gasteiger partial charge on any atom is 0.414 e. The molecular weight excluding hydrogens is 434 g/mol. The Morgan fingerprint density at radius 3 is 2.91 bits per heavy atom. The van der Waals surface area contributed by atoms with Crippen molar-refractivity contribution in [3.63, 3.8) is 0 Å². The van der Waals surface area contributed by atoms with Crippen molar-refractivity contribution >= 4 is 23.3 Å². The number of hydrogen-bond acceptors (Lipinski definition) is 5. The van der Waals surface area contributed by atoms with Crippen molar-refractivity contribution in [3.05, 3.63) is 54.2 Å². The molecular formula is C23H24F2N4O4. The highest BCUT2D eigenvalue weighted by atomic mass is 19.1. The van der Waals surface area contributed by atoms with Crippen LogP contribution in [-0.4, -0.2) is 53.9 Å². The molecule has 10 heteroatoms. The molecule has 8 nitrogen and oxygen atoms in total. The average Bonchev–Trinajstić information content (AvgIpc) is 3.37. The number of cyclic esters (lactones) is 1. The van der Waals surface area contributed by atoms with Gasteiger partial charge in [0, 0.05) is 37.1 Å². The molecule has 0 spiro atoms. The van der Waals surface area contributed by atoms with E-state index in [0.29, 0.717) is 41.2 Å². The second-order valence-corrected chi connectivity index (χ2v) is 7.73. The number of carbonyl (C=O) groups is 2. The van der Waals surface area contributed by atoms with Gasteiger partial charge in [-0.2, -0.15) is 0 Å². The van der Waals surface area contributed by atoms with Crippen molar-refractivity contribution in [2.45, 2.75) is 26.1 Å². The first-order valence-electron chi connectivity index (χ1n) is 10.6. The van der Waals surface area contributed by atoms with Gasteiger partial charge in [-0.25, -0.2) is 14.2 Å². The lowest BCUT2D eigenvalue weighted by Crippen LogP contribution is -2.33. The number of pyridine rings is 1. The van der Waals surface area contributed by atoms with E-state index in [1.165, 1.54) is 17.9 Å². The van der Waals surface area contributed by atoms with E-state index in [-0.39, 0.29) is 25.6 Å². The molecule has 174 valence electrons. The zero-order valence-corrected chi connectivity index (χ0v) is 18.1. The molecule has 0 saturated carbocycles. The maximum absolute atomic E-state index is 15.0. The smallest absolute Gasteiger partial charge is 0.414 e. The van der Waals surface area contributed by atoms with Crippen LogP contribution >= 0.6 is 0 Å². The Kier molecular flexibility index (Phi) is 6.83. The number of carbonyl (C=O) groups excluding carboxylic acids is 2. The number of ether oxygens (including phenoxy) is 2. The fraction of sp³-hybridized carbons (Fsp3) is 0.348. The van der Waals surface area contributed by atoms with Crippen molar-refractivity contribution in [1.29, 1.82) is 0 Å². The monoisotopic (exact) mass is 458 g/mol. The van der Waals surface area contributed by atoms with Crippen molar-refractivity contribution in [3.8, 4) is 11.1 Å². The Balaban J connectivity index is 1.48. The SMILES string of the molecule is CC(=O)NC[C@H]1CN(c2ccc(-c3ccc4nc(COCCCF)cn4c3)c(F)c2)C(=O)O1. The summed E-state index contributed by atoms with van der Waals surface area (Å²) in [5.41, 5.74) is 2.77. The van der Waals surface area contributed by atoms with Gasteiger partial charge in [0.25, 0.3) is 0 Å². The number of amides is 2. The number of imidazole rings is 1. The van der Waals surface area contributed by atoms with Crippen LogP contribution in [0, 0.1) is 5.82 Å². The highest BCUT2D eigenvalue weighted by Gasteiger charge is 2.32. The summed E-state index contributed by atoms with van der Waals surface area (Å²) in [5, 5.41) is 2.61. The van der Waals surface area contributed by atoms with Gasteiger partial charge >= 0.3 is 6.09 Å². The van der Waals surface area contributed by atoms with Crippen LogP contribution in [0.1, 0.15) is 19.0 Å². The van der Waals surface area contributed by atoms with Crippen molar-refractivity contribution in [2.75, 3.05) is 31.3 Å². The summed E-state index contributed by atoms with van der Waals surface area (Å²) < 4.78 is 39.6. The van der Waals surface area contributed by atoms with Gasteiger partial charge in [0.05, 0.1) is 37.8 Å². The molecule has 3 aromatic rings. The van der Waals surface area contributed by atoms with E-state index in [9.17, 15) is 14.0 Å². The van der Waals surface area contributed by atoms with Gasteiger partial charge in [-0.3, -0.25) is 14.1 Å². The third kappa shape index (κ3) is 5.28. The van der Waals surface area contributed by atoms with E-state index in [1.54, 1.807) is 41.1 Å². The van der Waals surface area contributed by atoms with E-state index in [2.05, 4.69) is 10.3 Å². The number of aromatic nitrogens is 2. The summed E-state index contributed by atoms with van der Waals surface area (Å²) in [4.78, 5) is 29.0. The van der Waals surface area contributed by atoms with Crippen molar-refractivity contribution < 1.29 is 27.8 Å². The largest absolute Gasteiger partial charge is 0.442 e. The molecule has 1 aromatic carbocycles. The molecule has 0 unspecified atom stereocenters. The van der Waals surface area contributed by atoms with Gasteiger partial charge in [-0.1, -0.05) is 0 Å². The summed E-state index contributed by atoms with van der Waals surface area (Å²) >= 11 is 0. The fourth-order valence-electron chi connectivity index (χ4n) is 3.61. The Morgan fingerprint density at radius 2 is 2.15 bits per heavy atom. The molecule has 4 rings (SSSR count). The standard InChI is InChI=1S/C23H24F2N4O4/c1-15(30)26-10-19-13-29(23(31)33-19)18-4-5-20(21(25)9-18)16-3-6-22-27-17(12-28(22)11-16)14-32-8-2-7-24/h3-6,9,11-12,19H,2,7-8,10,13-14H2,1H3,(H,26,30)/t19-/m0/s1. The Hall–Kier alpha value is -3.53. The minimum atomic E-state index is -0.585. The Bertz CT molecular complexity index is 1170. The Labute approximate surface area is 189 Å². The van der Waals surface area contributed by atoms with E-state index in [4.69, 9.17) is 9.47 Å². The predicted molar refractivity (Wildman–Crippen MR) is 117 cm³/mol. The van der Waals surface area contributed by atoms with Crippen LogP contribution in [0.25, 0.3) is 16.8 Å². The normalized spacial score (nSPS) is 15.8. The predicted octanol–water partition coefficient (Wildman–Crippen LogP) is 3.48. The van der Waals surface area contributed by atoms with Gasteiger partial charge in [0.2, 0.25) is 5.91 Å². The van der Waals surface area contributed by atoms with Crippen LogP contribution in [0.3, 0.4) is 0 Å². The fourth-order valence-corrected chi connectivity index (χ4v) is 3.61. The number of nitrogens with zero attached hydrogens (tertiary/aromatic N) is 3. The topological polar surface area (TPSA) is 85.2 Å². The van der Waals surface area contributed by atoms with E-state index < -0.39 is 24.7 Å². The first kappa shape index (κ1) is 22.7. The van der Waals surface area contributed by atoms with Crippen LogP contribution in [0.4, 0.5) is 19.3 Å². The number of hydrogen-bond donors (Lipinski definition) is 1. The highest BCUT2D eigenvalue weighted by molar-refractivity contribution is 5.90. The van der Waals surface area contributed by atoms with Gasteiger partial charge in [-0.05, 0) is 36.8 Å². The molecule has 2 aromatic heterocycles. The maximum atomic E-state index is 15.0. The molecule has 3 heterocycles. The number of benzene rings is 1. The highest BCUT2D eigenvalue weighted by Crippen LogP contribution is 2.29. The molecule has 1 saturated heterocycles. The molecule has 0 bridgehead atoms. The molecule has 1 aliphatic heterocycles. The lowest BCUT2D eigenvalue weighted by molar-refractivity contribution is -0.119. The molecule has 1 atom stereocenters. The zero-order valence-electron chi connectivity index (χ0n) is 18.1. The van der Waals surface area contributed by atoms with Crippen LogP contribution in [0.15, 0.2) is 42.7 Å². The second-order valence-electron chi connectivity index (χ2n) is 7.73. The van der Waals surface area contributed by atoms with Gasteiger partial charge in [0.15, 0.2) is 0 Å². The number of anilines is 1. The number of alkyl halides is 1. The lowest BCUT2D eigenvalue weighted by atomic mass is 10.1. The number of halogens is 2. The Morgan fingerprint density at radius 1 is 1.30 bits per heavy atom. The molecule has 33 heavy (non-hydrogen) atoms. The minimum Gasteiger partial charge on any atom is -0.442 e. The summed E-state index contributed by atoms with van der Waals surface area (Å²) in [5.74, 6) is -0.703. The van der Waals surface area contributed by atoms with Crippen molar-refractivity contribution in [1.82, 2.24) is 14.7 Å². The van der Waals surface area contributed by atoms with Gasteiger partial charge in [-0.15, -0.1) is 0 Å². The third-order valence-electron chi connectivity index (χ3n) is 5.20.